The van der Waals surface area contributed by atoms with Crippen LogP contribution < -0.4 is 16.7 Å². The monoisotopic (exact) mass is 414 g/mol. The van der Waals surface area contributed by atoms with Crippen LogP contribution in [0.3, 0.4) is 0 Å². The van der Waals surface area contributed by atoms with Gasteiger partial charge in [-0.3, -0.25) is 9.36 Å². The van der Waals surface area contributed by atoms with E-state index in [9.17, 15) is 19.6 Å². The molecule has 28 heavy (non-hydrogen) atoms. The van der Waals surface area contributed by atoms with Gasteiger partial charge in [-0.05, 0) is 0 Å². The van der Waals surface area contributed by atoms with Gasteiger partial charge in [0.1, 0.15) is 18.1 Å². The summed E-state index contributed by atoms with van der Waals surface area (Å²) in [4.78, 5) is 36.7. The number of hydrogen-bond acceptors (Lipinski definition) is 9. The molecule has 12 heteroatoms. The molecule has 1 amide bonds. The zero-order valence-corrected chi connectivity index (χ0v) is 16.4. The molecule has 1 fully saturated rings. The Morgan fingerprint density at radius 3 is 3.00 bits per heavy atom. The van der Waals surface area contributed by atoms with Crippen LogP contribution in [0.25, 0.3) is 0 Å². The van der Waals surface area contributed by atoms with Crippen LogP contribution in [0.1, 0.15) is 31.1 Å². The summed E-state index contributed by atoms with van der Waals surface area (Å²) in [6.45, 7) is -0.364. The summed E-state index contributed by atoms with van der Waals surface area (Å²) in [6, 6.07) is 0. The third-order valence-electron chi connectivity index (χ3n) is 4.01. The zero-order valence-electron chi connectivity index (χ0n) is 15.5. The number of rotatable bonds is 7. The maximum absolute atomic E-state index is 12.2. The normalized spacial score (nSPS) is 22.4. The van der Waals surface area contributed by atoms with E-state index in [1.807, 2.05) is 0 Å². The van der Waals surface area contributed by atoms with Gasteiger partial charge in [-0.2, -0.15) is 4.98 Å². The molecule has 11 nitrogen and oxygen atoms in total. The van der Waals surface area contributed by atoms with Crippen LogP contribution in [0.4, 0.5) is 5.82 Å². The first-order valence-corrected chi connectivity index (χ1v) is 9.57. The van der Waals surface area contributed by atoms with E-state index in [1.165, 1.54) is 17.9 Å². The van der Waals surface area contributed by atoms with Crippen molar-refractivity contribution in [1.29, 1.82) is 0 Å². The van der Waals surface area contributed by atoms with Gasteiger partial charge in [-0.1, -0.05) is 11.8 Å². The number of carbonyl (C=O) groups excluding carboxylic acids is 1. The summed E-state index contributed by atoms with van der Waals surface area (Å²) in [5.41, 5.74) is 5.43. The lowest BCUT2D eigenvalue weighted by molar-refractivity contribution is -0.120. The molecule has 0 saturated carbocycles. The van der Waals surface area contributed by atoms with Crippen LogP contribution in [0.5, 0.6) is 0 Å². The van der Waals surface area contributed by atoms with Gasteiger partial charge in [0.15, 0.2) is 0 Å². The first kappa shape index (κ1) is 22.2. The molecule has 0 bridgehead atoms. The van der Waals surface area contributed by atoms with Crippen molar-refractivity contribution in [3.8, 4) is 11.8 Å². The first-order valence-electron chi connectivity index (χ1n) is 8.43. The Morgan fingerprint density at radius 2 is 2.36 bits per heavy atom. The third kappa shape index (κ3) is 5.72. The van der Waals surface area contributed by atoms with Crippen LogP contribution in [-0.2, 0) is 18.6 Å². The van der Waals surface area contributed by atoms with Crippen molar-refractivity contribution in [2.45, 2.75) is 37.7 Å². The summed E-state index contributed by atoms with van der Waals surface area (Å²) >= 11 is 0. The first-order chi connectivity index (χ1) is 13.4. The van der Waals surface area contributed by atoms with Crippen molar-refractivity contribution in [2.24, 2.45) is 0 Å². The number of amides is 1. The summed E-state index contributed by atoms with van der Waals surface area (Å²) in [5.74, 6) is 5.44. The molecule has 2 heterocycles. The fourth-order valence-corrected chi connectivity index (χ4v) is 3.09. The SMILES string of the molecule is CNC(=O)CCC#Cc1cn(C2CC(OP(O)OC)C(CO)O2)c(=O)nc1N. The average molecular weight is 414 g/mol. The molecule has 1 saturated heterocycles. The largest absolute Gasteiger partial charge is 0.394 e. The highest BCUT2D eigenvalue weighted by Crippen LogP contribution is 2.40. The molecule has 0 radical (unpaired) electrons. The van der Waals surface area contributed by atoms with Crippen molar-refractivity contribution < 1.29 is 28.6 Å². The minimum absolute atomic E-state index is 0.0311. The quantitative estimate of drug-likeness (QED) is 0.332. The molecule has 154 valence electrons. The van der Waals surface area contributed by atoms with Crippen LogP contribution in [-0.4, -0.2) is 58.4 Å². The number of hydrogen-bond donors (Lipinski definition) is 4. The lowest BCUT2D eigenvalue weighted by Crippen LogP contribution is -2.29. The second-order valence-corrected chi connectivity index (χ2v) is 6.87. The molecule has 1 aliphatic heterocycles. The van der Waals surface area contributed by atoms with Gasteiger partial charge in [0, 0.05) is 39.6 Å². The Labute approximate surface area is 162 Å². The zero-order chi connectivity index (χ0) is 20.7. The molecule has 4 atom stereocenters. The Morgan fingerprint density at radius 1 is 1.61 bits per heavy atom. The number of nitrogen functional groups attached to an aromatic ring is 1. The predicted octanol–water partition coefficient (Wildman–Crippen LogP) is -0.766. The Hall–Kier alpha value is -2.06. The van der Waals surface area contributed by atoms with E-state index in [0.29, 0.717) is 12.0 Å². The highest BCUT2D eigenvalue weighted by Gasteiger charge is 2.39. The number of anilines is 1. The number of nitrogens with zero attached hydrogens (tertiary/aromatic N) is 2. The lowest BCUT2D eigenvalue weighted by Gasteiger charge is -2.17. The van der Waals surface area contributed by atoms with E-state index >= 15 is 0 Å². The van der Waals surface area contributed by atoms with Gasteiger partial charge in [0.2, 0.25) is 5.91 Å². The molecule has 0 spiro atoms. The van der Waals surface area contributed by atoms with E-state index in [2.05, 4.69) is 22.1 Å². The Bertz CT molecular complexity index is 806. The smallest absolute Gasteiger partial charge is 0.351 e. The average Bonchev–Trinajstić information content (AvgIpc) is 3.08. The number of nitrogens with one attached hydrogen (secondary N) is 1. The van der Waals surface area contributed by atoms with E-state index in [4.69, 9.17) is 19.5 Å². The van der Waals surface area contributed by atoms with Gasteiger partial charge in [0.05, 0.1) is 18.3 Å². The summed E-state index contributed by atoms with van der Waals surface area (Å²) in [7, 11) is 0.714. The topological polar surface area (TPSA) is 158 Å². The van der Waals surface area contributed by atoms with E-state index in [0.717, 1.165) is 0 Å². The minimum Gasteiger partial charge on any atom is -0.394 e. The number of nitrogens with two attached hydrogens (primary N) is 1. The molecule has 1 aromatic rings. The Kier molecular flexibility index (Phi) is 8.32. The van der Waals surface area contributed by atoms with E-state index in [-0.39, 0.29) is 31.2 Å². The van der Waals surface area contributed by atoms with Gasteiger partial charge in [0.25, 0.3) is 0 Å². The molecule has 1 aromatic heterocycles. The number of aliphatic hydroxyl groups is 1. The predicted molar refractivity (Wildman–Crippen MR) is 99.7 cm³/mol. The fraction of sp³-hybridized carbons (Fsp3) is 0.562. The highest BCUT2D eigenvalue weighted by molar-refractivity contribution is 7.40. The number of carbonyl (C=O) groups is 1. The maximum Gasteiger partial charge on any atom is 0.351 e. The molecule has 0 aliphatic carbocycles. The number of ether oxygens (including phenoxy) is 1. The van der Waals surface area contributed by atoms with Gasteiger partial charge in [-0.15, -0.1) is 0 Å². The van der Waals surface area contributed by atoms with Gasteiger partial charge in [-0.25, -0.2) is 4.79 Å². The summed E-state index contributed by atoms with van der Waals surface area (Å²) in [5, 5.41) is 12.0. The molecule has 4 unspecified atom stereocenters. The molecular weight excluding hydrogens is 391 g/mol. The molecular formula is C16H23N4O7P. The maximum atomic E-state index is 12.2. The molecule has 0 aromatic carbocycles. The standard InChI is InChI=1S/C16H23N4O7P/c1-18-13(22)6-4-3-5-10-8-20(16(23)19-15(10)17)14-7-11(12(9-21)26-14)27-28(24)25-2/h8,11-12,14,21,24H,4,6-7,9H2,1-2H3,(H,18,22)(H2,17,19,23). The van der Waals surface area contributed by atoms with Crippen LogP contribution in [0.2, 0.25) is 0 Å². The Balaban J connectivity index is 2.18. The third-order valence-corrected chi connectivity index (χ3v) is 4.78. The minimum atomic E-state index is -2.11. The van der Waals surface area contributed by atoms with Crippen molar-refractivity contribution in [1.82, 2.24) is 14.9 Å². The van der Waals surface area contributed by atoms with E-state index < -0.39 is 32.7 Å². The lowest BCUT2D eigenvalue weighted by atomic mass is 10.2. The molecule has 5 N–H and O–H groups in total. The van der Waals surface area contributed by atoms with E-state index in [1.54, 1.807) is 7.05 Å². The number of aromatic nitrogens is 2. The summed E-state index contributed by atoms with van der Waals surface area (Å²) in [6.07, 6.45) is -0.0446. The van der Waals surface area contributed by atoms with Crippen LogP contribution in [0.15, 0.2) is 11.0 Å². The second kappa shape index (κ2) is 10.5. The fourth-order valence-electron chi connectivity index (χ4n) is 2.55. The molecule has 2 rings (SSSR count). The van der Waals surface area contributed by atoms with Crippen molar-refractivity contribution >= 4 is 20.3 Å². The number of aliphatic hydroxyl groups excluding tert-OH is 1. The van der Waals surface area contributed by atoms with Crippen molar-refractivity contribution in [3.05, 3.63) is 22.2 Å². The second-order valence-electron chi connectivity index (χ2n) is 5.82. The van der Waals surface area contributed by atoms with Gasteiger partial charge < -0.3 is 34.8 Å². The van der Waals surface area contributed by atoms with Crippen molar-refractivity contribution in [3.63, 3.8) is 0 Å². The highest BCUT2D eigenvalue weighted by atomic mass is 31.2. The van der Waals surface area contributed by atoms with Crippen LogP contribution >= 0.6 is 8.60 Å². The van der Waals surface area contributed by atoms with Crippen molar-refractivity contribution in [2.75, 3.05) is 26.5 Å². The van der Waals surface area contributed by atoms with Gasteiger partial charge >= 0.3 is 14.3 Å². The van der Waals surface area contributed by atoms with Crippen LogP contribution in [0, 0.1) is 11.8 Å². The molecule has 1 aliphatic rings. The summed E-state index contributed by atoms with van der Waals surface area (Å²) < 4.78 is 16.9.